The minimum Gasteiger partial charge on any atom is -0.478 e. The minimum atomic E-state index is -4.52. The summed E-state index contributed by atoms with van der Waals surface area (Å²) in [4.78, 5) is 37.6. The second-order valence-corrected chi connectivity index (χ2v) is 9.00. The van der Waals surface area contributed by atoms with Crippen LogP contribution in [-0.2, 0) is 19.6 Å². The van der Waals surface area contributed by atoms with Crippen molar-refractivity contribution in [1.82, 2.24) is 13.7 Å². The van der Waals surface area contributed by atoms with Crippen LogP contribution in [0.25, 0.3) is 27.8 Å². The lowest BCUT2D eigenvalue weighted by Crippen LogP contribution is -2.26. The van der Waals surface area contributed by atoms with Crippen LogP contribution in [0.4, 0.5) is 13.2 Å². The summed E-state index contributed by atoms with van der Waals surface area (Å²) < 4.78 is 50.2. The van der Waals surface area contributed by atoms with E-state index in [-0.39, 0.29) is 35.1 Å². The Morgan fingerprint density at radius 2 is 1.78 bits per heavy atom. The van der Waals surface area contributed by atoms with Crippen molar-refractivity contribution in [2.24, 2.45) is 7.05 Å². The fourth-order valence-corrected chi connectivity index (χ4v) is 5.33. The molecule has 37 heavy (non-hydrogen) atoms. The average Bonchev–Trinajstić information content (AvgIpc) is 3.48. The van der Waals surface area contributed by atoms with E-state index in [0.717, 1.165) is 6.07 Å². The molecule has 188 valence electrons. The lowest BCUT2D eigenvalue weighted by Gasteiger charge is -2.16. The van der Waals surface area contributed by atoms with Crippen molar-refractivity contribution in [1.29, 1.82) is 0 Å². The number of carboxylic acids is 1. The van der Waals surface area contributed by atoms with Crippen LogP contribution in [0.2, 0.25) is 0 Å². The molecular weight excluding hydrogens is 491 g/mol. The summed E-state index contributed by atoms with van der Waals surface area (Å²) in [5.41, 5.74) is 0.923. The molecule has 1 aliphatic carbocycles. The van der Waals surface area contributed by atoms with E-state index in [9.17, 15) is 32.7 Å². The summed E-state index contributed by atoms with van der Waals surface area (Å²) in [7, 11) is 1.54. The standard InChI is InChI=1S/C26H18F3N3O5/c1-30-20-9-6-14(12-22(20)37-25(30)36)31-21-11-13(23(33)34)5-8-19(21)32(24(31)35)18-10-7-15-16(18)3-2-4-17(15)26(27,28)29/h2-6,8-9,11-12,18H,7,10H2,1H3,(H,33,34)/t18-/m1/s1. The molecule has 0 unspecified atom stereocenters. The highest BCUT2D eigenvalue weighted by molar-refractivity contribution is 5.93. The van der Waals surface area contributed by atoms with Gasteiger partial charge in [0.25, 0.3) is 0 Å². The number of hydrogen-bond donors (Lipinski definition) is 1. The fourth-order valence-electron chi connectivity index (χ4n) is 5.33. The van der Waals surface area contributed by atoms with Gasteiger partial charge in [-0.05, 0) is 60.4 Å². The lowest BCUT2D eigenvalue weighted by atomic mass is 10.0. The van der Waals surface area contributed by atoms with Crippen molar-refractivity contribution >= 4 is 28.1 Å². The molecule has 0 aliphatic heterocycles. The van der Waals surface area contributed by atoms with Gasteiger partial charge in [0, 0.05) is 13.1 Å². The van der Waals surface area contributed by atoms with Gasteiger partial charge in [-0.3, -0.25) is 13.7 Å². The topological polar surface area (TPSA) is 99.4 Å². The monoisotopic (exact) mass is 509 g/mol. The number of halogens is 3. The number of imidazole rings is 1. The molecule has 2 aromatic heterocycles. The van der Waals surface area contributed by atoms with E-state index < -0.39 is 35.2 Å². The number of alkyl halides is 3. The van der Waals surface area contributed by atoms with Crippen molar-refractivity contribution in [3.63, 3.8) is 0 Å². The van der Waals surface area contributed by atoms with Gasteiger partial charge < -0.3 is 9.52 Å². The molecular formula is C26H18F3N3O5. The Morgan fingerprint density at radius 3 is 2.51 bits per heavy atom. The molecule has 2 heterocycles. The van der Waals surface area contributed by atoms with E-state index in [1.807, 2.05) is 0 Å². The summed E-state index contributed by atoms with van der Waals surface area (Å²) in [6, 6.07) is 12.2. The van der Waals surface area contributed by atoms with Crippen LogP contribution in [0.15, 0.2) is 68.6 Å². The molecule has 0 amide bonds. The molecule has 1 aliphatic rings. The van der Waals surface area contributed by atoms with Crippen LogP contribution in [0.5, 0.6) is 0 Å². The molecule has 1 atom stereocenters. The predicted octanol–water partition coefficient (Wildman–Crippen LogP) is 4.49. The third-order valence-corrected chi connectivity index (χ3v) is 7.01. The molecule has 3 aromatic carbocycles. The summed E-state index contributed by atoms with van der Waals surface area (Å²) in [6.45, 7) is 0. The van der Waals surface area contributed by atoms with Gasteiger partial charge in [0.1, 0.15) is 0 Å². The third-order valence-electron chi connectivity index (χ3n) is 7.01. The number of aromatic carboxylic acids is 1. The molecule has 1 N–H and O–H groups in total. The summed E-state index contributed by atoms with van der Waals surface area (Å²) in [5.74, 6) is -1.78. The van der Waals surface area contributed by atoms with Crippen molar-refractivity contribution in [2.75, 3.05) is 0 Å². The van der Waals surface area contributed by atoms with Gasteiger partial charge in [-0.15, -0.1) is 0 Å². The Balaban J connectivity index is 1.63. The first-order chi connectivity index (χ1) is 17.6. The fraction of sp³-hybridized carbons (Fsp3) is 0.192. The number of oxazole rings is 1. The summed E-state index contributed by atoms with van der Waals surface area (Å²) >= 11 is 0. The van der Waals surface area contributed by atoms with Gasteiger partial charge >= 0.3 is 23.6 Å². The second-order valence-electron chi connectivity index (χ2n) is 9.00. The maximum Gasteiger partial charge on any atom is 0.419 e. The Kier molecular flexibility index (Phi) is 4.78. The number of hydrogen-bond acceptors (Lipinski definition) is 4. The van der Waals surface area contributed by atoms with Crippen LogP contribution in [0.1, 0.15) is 39.5 Å². The number of rotatable bonds is 3. The lowest BCUT2D eigenvalue weighted by molar-refractivity contribution is -0.138. The van der Waals surface area contributed by atoms with Crippen LogP contribution >= 0.6 is 0 Å². The molecule has 0 spiro atoms. The Hall–Kier alpha value is -4.54. The quantitative estimate of drug-likeness (QED) is 0.387. The highest BCUT2D eigenvalue weighted by Gasteiger charge is 2.38. The first-order valence-electron chi connectivity index (χ1n) is 11.4. The maximum atomic E-state index is 13.9. The normalized spacial score (nSPS) is 15.5. The number of carboxylic acid groups (broad SMARTS) is 1. The Bertz CT molecular complexity index is 1870. The number of aryl methyl sites for hydroxylation is 1. The van der Waals surface area contributed by atoms with Crippen molar-refractivity contribution in [2.45, 2.75) is 25.1 Å². The highest BCUT2D eigenvalue weighted by Crippen LogP contribution is 2.42. The Morgan fingerprint density at radius 1 is 1.03 bits per heavy atom. The van der Waals surface area contributed by atoms with Gasteiger partial charge in [0.2, 0.25) is 0 Å². The molecule has 11 heteroatoms. The van der Waals surface area contributed by atoms with E-state index in [2.05, 4.69) is 0 Å². The number of aromatic nitrogens is 3. The molecule has 0 bridgehead atoms. The SMILES string of the molecule is Cn1c(=O)oc2cc(-n3c(=O)n([C@@H]4CCc5c4cccc5C(F)(F)F)c4ccc(C(=O)O)cc43)ccc21. The smallest absolute Gasteiger partial charge is 0.419 e. The van der Waals surface area contributed by atoms with Gasteiger partial charge in [-0.25, -0.2) is 14.4 Å². The van der Waals surface area contributed by atoms with E-state index in [0.29, 0.717) is 22.3 Å². The second kappa shape index (κ2) is 7.73. The van der Waals surface area contributed by atoms with Crippen molar-refractivity contribution < 1.29 is 27.5 Å². The van der Waals surface area contributed by atoms with E-state index in [4.69, 9.17) is 4.42 Å². The van der Waals surface area contributed by atoms with Crippen LogP contribution in [-0.4, -0.2) is 24.8 Å². The highest BCUT2D eigenvalue weighted by atomic mass is 19.4. The molecule has 8 nitrogen and oxygen atoms in total. The van der Waals surface area contributed by atoms with Crippen LogP contribution in [0, 0.1) is 0 Å². The zero-order valence-electron chi connectivity index (χ0n) is 19.2. The first kappa shape index (κ1) is 22.9. The van der Waals surface area contributed by atoms with Gasteiger partial charge in [-0.2, -0.15) is 13.2 Å². The average molecular weight is 509 g/mol. The molecule has 0 saturated carbocycles. The van der Waals surface area contributed by atoms with Crippen LogP contribution < -0.4 is 11.4 Å². The first-order valence-corrected chi connectivity index (χ1v) is 11.4. The zero-order chi connectivity index (χ0) is 26.2. The summed E-state index contributed by atoms with van der Waals surface area (Å²) in [5, 5.41) is 9.55. The van der Waals surface area contributed by atoms with E-state index in [1.54, 1.807) is 18.2 Å². The molecule has 6 rings (SSSR count). The number of nitrogens with zero attached hydrogens (tertiary/aromatic N) is 3. The van der Waals surface area contributed by atoms with Crippen molar-refractivity contribution in [3.05, 3.63) is 97.9 Å². The number of fused-ring (bicyclic) bond motifs is 3. The molecule has 0 radical (unpaired) electrons. The van der Waals surface area contributed by atoms with Crippen molar-refractivity contribution in [3.8, 4) is 5.69 Å². The number of carbonyl (C=O) groups is 1. The molecule has 0 fully saturated rings. The van der Waals surface area contributed by atoms with E-state index in [1.165, 1.54) is 51.1 Å². The predicted molar refractivity (Wildman–Crippen MR) is 127 cm³/mol. The number of benzene rings is 3. The molecule has 5 aromatic rings. The Labute approximate surface area is 205 Å². The van der Waals surface area contributed by atoms with E-state index >= 15 is 0 Å². The summed E-state index contributed by atoms with van der Waals surface area (Å²) in [6.07, 6.45) is -4.11. The molecule has 0 saturated heterocycles. The largest absolute Gasteiger partial charge is 0.478 e. The van der Waals surface area contributed by atoms with Gasteiger partial charge in [0.15, 0.2) is 5.58 Å². The van der Waals surface area contributed by atoms with Gasteiger partial charge in [0.05, 0.1) is 39.4 Å². The van der Waals surface area contributed by atoms with Gasteiger partial charge in [-0.1, -0.05) is 12.1 Å². The third kappa shape index (κ3) is 3.34. The van der Waals surface area contributed by atoms with Crippen LogP contribution in [0.3, 0.4) is 0 Å². The minimum absolute atomic E-state index is 0.0584. The maximum absolute atomic E-state index is 13.9. The zero-order valence-corrected chi connectivity index (χ0v) is 19.2.